The van der Waals surface area contributed by atoms with Crippen molar-refractivity contribution in [1.29, 1.82) is 0 Å². The summed E-state index contributed by atoms with van der Waals surface area (Å²) >= 11 is 0. The number of carbonyl (C=O) groups excluding carboxylic acids is 1. The molecule has 0 aromatic carbocycles. The van der Waals surface area contributed by atoms with Crippen LogP contribution in [0, 0.1) is 18.3 Å². The van der Waals surface area contributed by atoms with Crippen molar-refractivity contribution >= 4 is 5.91 Å². The van der Waals surface area contributed by atoms with Crippen LogP contribution in [0.15, 0.2) is 0 Å². The number of amides is 1. The molecule has 2 rings (SSSR count). The molecule has 4 heteroatoms. The summed E-state index contributed by atoms with van der Waals surface area (Å²) in [6.45, 7) is 7.51. The molecule has 0 spiro atoms. The zero-order chi connectivity index (χ0) is 13.7. The Labute approximate surface area is 167 Å². The number of hydrogen-bond donors (Lipinski definition) is 1. The van der Waals surface area contributed by atoms with Gasteiger partial charge in [-0.05, 0) is 18.8 Å². The van der Waals surface area contributed by atoms with E-state index >= 15 is 0 Å². The van der Waals surface area contributed by atoms with Gasteiger partial charge in [-0.1, -0.05) is 26.7 Å². The second-order valence-electron chi connectivity index (χ2n) is 6.55. The first-order valence-electron chi connectivity index (χ1n) is 7.99. The Morgan fingerprint density at radius 3 is 2.35 bits per heavy atom. The van der Waals surface area contributed by atoms with Crippen LogP contribution in [0.3, 0.4) is 0 Å². The number of piperidine rings is 1. The van der Waals surface area contributed by atoms with E-state index in [1.54, 1.807) is 0 Å². The summed E-state index contributed by atoms with van der Waals surface area (Å²) in [5.74, 6) is 1.23. The topological polar surface area (TPSA) is 32.3 Å². The van der Waals surface area contributed by atoms with Crippen LogP contribution in [0.4, 0.5) is 0 Å². The van der Waals surface area contributed by atoms with E-state index in [9.17, 15) is 4.79 Å². The Kier molecular flexibility index (Phi) is 9.52. The predicted molar refractivity (Wildman–Crippen MR) is 78.7 cm³/mol. The molecule has 1 saturated carbocycles. The molecule has 1 aliphatic carbocycles. The van der Waals surface area contributed by atoms with Gasteiger partial charge in [-0.15, -0.1) is 0 Å². The van der Waals surface area contributed by atoms with E-state index in [0.29, 0.717) is 6.04 Å². The first-order valence-corrected chi connectivity index (χ1v) is 7.99. The van der Waals surface area contributed by atoms with Crippen molar-refractivity contribution in [3.8, 4) is 0 Å². The van der Waals surface area contributed by atoms with Gasteiger partial charge in [0, 0.05) is 31.6 Å². The number of rotatable bonds is 4. The standard InChI is InChI=1S/C16H29N2O.K/c1-13(2)16(19)17-15-8-10-18(11-9-15)12-14-6-4-3-5-7-14;/h3,13-15H,4-12H2,1-2H3,(H,17,19);/q-1;+1. The minimum absolute atomic E-state index is 0. The van der Waals surface area contributed by atoms with Crippen molar-refractivity contribution in [3.05, 3.63) is 6.42 Å². The zero-order valence-corrected chi connectivity index (χ0v) is 16.7. The van der Waals surface area contributed by atoms with E-state index in [1.165, 1.54) is 32.2 Å². The second-order valence-corrected chi connectivity index (χ2v) is 6.55. The number of hydrogen-bond acceptors (Lipinski definition) is 2. The number of likely N-dealkylation sites (tertiary alicyclic amines) is 1. The largest absolute Gasteiger partial charge is 1.00 e. The molecule has 0 aromatic rings. The maximum atomic E-state index is 11.7. The van der Waals surface area contributed by atoms with Crippen molar-refractivity contribution in [2.45, 2.75) is 58.4 Å². The summed E-state index contributed by atoms with van der Waals surface area (Å²) in [5.41, 5.74) is 0. The van der Waals surface area contributed by atoms with E-state index in [1.807, 2.05) is 13.8 Å². The minimum Gasteiger partial charge on any atom is -0.353 e. The summed E-state index contributed by atoms with van der Waals surface area (Å²) in [6, 6.07) is 0.408. The van der Waals surface area contributed by atoms with Gasteiger partial charge in [0.2, 0.25) is 5.91 Å². The van der Waals surface area contributed by atoms with Crippen LogP contribution >= 0.6 is 0 Å². The SMILES string of the molecule is CC(C)C(=O)NC1CCN(CC2CC[CH-]CC2)CC1.[K+]. The molecule has 1 N–H and O–H groups in total. The fourth-order valence-corrected chi connectivity index (χ4v) is 3.17. The van der Waals surface area contributed by atoms with E-state index in [2.05, 4.69) is 16.6 Å². The second kappa shape index (κ2) is 9.96. The Balaban J connectivity index is 0.00000200. The summed E-state index contributed by atoms with van der Waals surface area (Å²) in [7, 11) is 0. The van der Waals surface area contributed by atoms with Crippen LogP contribution in [0.5, 0.6) is 0 Å². The summed E-state index contributed by atoms with van der Waals surface area (Å²) in [6.07, 6.45) is 10.1. The van der Waals surface area contributed by atoms with Crippen LogP contribution in [0.2, 0.25) is 0 Å². The van der Waals surface area contributed by atoms with Crippen molar-refractivity contribution in [2.75, 3.05) is 19.6 Å². The Morgan fingerprint density at radius 1 is 1.20 bits per heavy atom. The third kappa shape index (κ3) is 6.45. The molecule has 1 aliphatic heterocycles. The number of carbonyl (C=O) groups is 1. The van der Waals surface area contributed by atoms with Gasteiger partial charge < -0.3 is 16.6 Å². The first-order chi connectivity index (χ1) is 9.15. The molecule has 0 unspecified atom stereocenters. The van der Waals surface area contributed by atoms with E-state index in [0.717, 1.165) is 31.8 Å². The monoisotopic (exact) mass is 304 g/mol. The van der Waals surface area contributed by atoms with Crippen molar-refractivity contribution < 1.29 is 56.2 Å². The van der Waals surface area contributed by atoms with Crippen LogP contribution in [-0.4, -0.2) is 36.5 Å². The Hall–Kier alpha value is 1.07. The smallest absolute Gasteiger partial charge is 0.353 e. The third-order valence-electron chi connectivity index (χ3n) is 4.53. The van der Waals surface area contributed by atoms with Crippen LogP contribution in [0.1, 0.15) is 52.4 Å². The van der Waals surface area contributed by atoms with Gasteiger partial charge in [0.1, 0.15) is 0 Å². The first kappa shape index (κ1) is 19.1. The molecule has 0 aromatic heterocycles. The fraction of sp³-hybridized carbons (Fsp3) is 0.875. The summed E-state index contributed by atoms with van der Waals surface area (Å²) < 4.78 is 0. The van der Waals surface area contributed by atoms with Gasteiger partial charge in [0.15, 0.2) is 0 Å². The molecule has 2 fully saturated rings. The maximum absolute atomic E-state index is 11.7. The maximum Gasteiger partial charge on any atom is 1.00 e. The van der Waals surface area contributed by atoms with Crippen molar-refractivity contribution in [1.82, 2.24) is 10.2 Å². The predicted octanol–water partition coefficient (Wildman–Crippen LogP) is -0.379. The average Bonchev–Trinajstić information content (AvgIpc) is 2.42. The number of nitrogens with zero attached hydrogens (tertiary/aromatic N) is 1. The average molecular weight is 305 g/mol. The molecule has 110 valence electrons. The summed E-state index contributed by atoms with van der Waals surface area (Å²) in [5, 5.41) is 3.17. The molecule has 1 amide bonds. The molecule has 3 nitrogen and oxygen atoms in total. The summed E-state index contributed by atoms with van der Waals surface area (Å²) in [4.78, 5) is 14.3. The van der Waals surface area contributed by atoms with Gasteiger partial charge in [0.25, 0.3) is 0 Å². The Bertz CT molecular complexity index is 282. The van der Waals surface area contributed by atoms with Crippen LogP contribution in [0.25, 0.3) is 0 Å². The molecule has 1 heterocycles. The van der Waals surface area contributed by atoms with Gasteiger partial charge in [-0.25, -0.2) is 0 Å². The third-order valence-corrected chi connectivity index (χ3v) is 4.53. The fourth-order valence-electron chi connectivity index (χ4n) is 3.17. The Morgan fingerprint density at radius 2 is 1.80 bits per heavy atom. The quantitative estimate of drug-likeness (QED) is 0.567. The molecule has 0 atom stereocenters. The van der Waals surface area contributed by atoms with Gasteiger partial charge in [-0.3, -0.25) is 4.79 Å². The number of nitrogens with one attached hydrogen (secondary N) is 1. The molecule has 0 bridgehead atoms. The molecular weight excluding hydrogens is 275 g/mol. The van der Waals surface area contributed by atoms with E-state index < -0.39 is 0 Å². The molecule has 20 heavy (non-hydrogen) atoms. The van der Waals surface area contributed by atoms with Gasteiger partial charge in [0.05, 0.1) is 0 Å². The van der Waals surface area contributed by atoms with E-state index in [-0.39, 0.29) is 63.2 Å². The molecule has 1 saturated heterocycles. The van der Waals surface area contributed by atoms with Gasteiger partial charge >= 0.3 is 51.4 Å². The molecule has 2 aliphatic rings. The van der Waals surface area contributed by atoms with E-state index in [4.69, 9.17) is 0 Å². The van der Waals surface area contributed by atoms with Crippen LogP contribution < -0.4 is 56.7 Å². The van der Waals surface area contributed by atoms with Crippen molar-refractivity contribution in [3.63, 3.8) is 0 Å². The molecular formula is C16H29KN2O. The van der Waals surface area contributed by atoms with Gasteiger partial charge in [-0.2, -0.15) is 12.8 Å². The zero-order valence-electron chi connectivity index (χ0n) is 13.5. The molecule has 0 radical (unpaired) electrons. The van der Waals surface area contributed by atoms with Crippen LogP contribution in [-0.2, 0) is 4.79 Å². The minimum atomic E-state index is 0. The van der Waals surface area contributed by atoms with Crippen molar-refractivity contribution in [2.24, 2.45) is 11.8 Å². The normalized spacial score (nSPS) is 22.6.